The highest BCUT2D eigenvalue weighted by atomic mass is 19.4. The van der Waals surface area contributed by atoms with Gasteiger partial charge >= 0.3 is 12.4 Å². The number of hydrogen-bond acceptors (Lipinski definition) is 1. The molecule has 4 aromatic rings. The molecule has 1 N–H and O–H groups in total. The Balaban J connectivity index is 1.75. The van der Waals surface area contributed by atoms with E-state index in [0.717, 1.165) is 5.56 Å². The van der Waals surface area contributed by atoms with Gasteiger partial charge in [-0.05, 0) is 47.5 Å². The Morgan fingerprint density at radius 3 is 1.94 bits per heavy atom. The number of hydrogen-bond donors (Lipinski definition) is 1. The summed E-state index contributed by atoms with van der Waals surface area (Å²) >= 11 is 0. The topological polar surface area (TPSA) is 36.1 Å². The number of nitrogens with zero attached hydrogens (tertiary/aromatic N) is 1. The predicted molar refractivity (Wildman–Crippen MR) is 118 cm³/mol. The van der Waals surface area contributed by atoms with Gasteiger partial charge in [-0.1, -0.05) is 42.5 Å². The Morgan fingerprint density at radius 1 is 0.743 bits per heavy atom. The molecule has 1 aromatic heterocycles. The first-order chi connectivity index (χ1) is 16.6. The minimum absolute atomic E-state index is 0.0126. The van der Waals surface area contributed by atoms with E-state index in [-0.39, 0.29) is 6.07 Å². The molecule has 1 amide bonds. The maximum Gasteiger partial charge on any atom is 0.416 e. The van der Waals surface area contributed by atoms with Crippen LogP contribution in [0.25, 0.3) is 11.1 Å². The van der Waals surface area contributed by atoms with Crippen molar-refractivity contribution in [2.75, 3.05) is 4.90 Å². The van der Waals surface area contributed by atoms with Crippen LogP contribution < -0.4 is 4.90 Å². The van der Waals surface area contributed by atoms with Crippen molar-refractivity contribution in [2.45, 2.75) is 18.4 Å². The van der Waals surface area contributed by atoms with Crippen LogP contribution >= 0.6 is 0 Å². The summed E-state index contributed by atoms with van der Waals surface area (Å²) in [5.41, 5.74) is -0.724. The molecule has 0 bridgehead atoms. The largest absolute Gasteiger partial charge is 0.416 e. The quantitative estimate of drug-likeness (QED) is 0.293. The van der Waals surface area contributed by atoms with Crippen molar-refractivity contribution >= 4 is 11.6 Å². The summed E-state index contributed by atoms with van der Waals surface area (Å²) in [5, 5.41) is 0. The van der Waals surface area contributed by atoms with E-state index in [0.29, 0.717) is 34.6 Å². The van der Waals surface area contributed by atoms with Gasteiger partial charge in [-0.15, -0.1) is 0 Å². The van der Waals surface area contributed by atoms with E-state index in [4.69, 9.17) is 0 Å². The third kappa shape index (κ3) is 3.96. The average molecular weight is 486 g/mol. The number of anilines is 1. The molecule has 3 nitrogen and oxygen atoms in total. The lowest BCUT2D eigenvalue weighted by Crippen LogP contribution is -2.38. The molecule has 1 unspecified atom stereocenters. The second-order valence-electron chi connectivity index (χ2n) is 8.10. The molecule has 2 heterocycles. The highest BCUT2D eigenvalue weighted by molar-refractivity contribution is 6.10. The first kappa shape index (κ1) is 22.8. The van der Waals surface area contributed by atoms with Crippen LogP contribution in [0.2, 0.25) is 0 Å². The predicted octanol–water partition coefficient (Wildman–Crippen LogP) is 7.47. The number of carbonyl (C=O) groups excluding carboxylic acids is 1. The Bertz CT molecular complexity index is 1370. The summed E-state index contributed by atoms with van der Waals surface area (Å²) in [4.78, 5) is 18.1. The number of amides is 1. The number of nitrogens with one attached hydrogen (secondary N) is 1. The molecule has 1 aliphatic heterocycles. The SMILES string of the molecule is O=C(c1cc(C(F)(F)F)cc(C(F)(F)F)c1)N1c2ccccc2-c2ccccc2C1c1ccc[nH]1. The van der Waals surface area contributed by atoms with Gasteiger partial charge < -0.3 is 4.98 Å². The van der Waals surface area contributed by atoms with Crippen molar-refractivity contribution < 1.29 is 31.1 Å². The molecular weight excluding hydrogens is 470 g/mol. The summed E-state index contributed by atoms with van der Waals surface area (Å²) in [6.45, 7) is 0. The molecule has 3 aromatic carbocycles. The maximum absolute atomic E-state index is 13.8. The third-order valence-corrected chi connectivity index (χ3v) is 5.94. The fraction of sp³-hybridized carbons (Fsp3) is 0.115. The van der Waals surface area contributed by atoms with Crippen molar-refractivity contribution in [3.8, 4) is 11.1 Å². The first-order valence-corrected chi connectivity index (χ1v) is 10.5. The molecule has 5 rings (SSSR count). The van der Waals surface area contributed by atoms with E-state index < -0.39 is 41.0 Å². The summed E-state index contributed by atoms with van der Waals surface area (Å²) in [5.74, 6) is -0.983. The first-order valence-electron chi connectivity index (χ1n) is 10.5. The fourth-order valence-corrected chi connectivity index (χ4v) is 4.44. The maximum atomic E-state index is 13.8. The van der Waals surface area contributed by atoms with Crippen molar-refractivity contribution in [2.24, 2.45) is 0 Å². The molecule has 1 atom stereocenters. The molecule has 0 aliphatic carbocycles. The highest BCUT2D eigenvalue weighted by Gasteiger charge is 2.40. The van der Waals surface area contributed by atoms with Crippen LogP contribution in [0.15, 0.2) is 85.1 Å². The summed E-state index contributed by atoms with van der Waals surface area (Å²) in [7, 11) is 0. The van der Waals surface area contributed by atoms with Crippen LogP contribution in [0.5, 0.6) is 0 Å². The molecule has 9 heteroatoms. The van der Waals surface area contributed by atoms with E-state index in [2.05, 4.69) is 4.98 Å². The lowest BCUT2D eigenvalue weighted by atomic mass is 9.86. The molecule has 0 spiro atoms. The van der Waals surface area contributed by atoms with Crippen molar-refractivity contribution in [3.05, 3.63) is 113 Å². The van der Waals surface area contributed by atoms with Crippen LogP contribution in [-0.4, -0.2) is 10.9 Å². The van der Waals surface area contributed by atoms with Crippen molar-refractivity contribution in [1.29, 1.82) is 0 Å². The second kappa shape index (κ2) is 8.04. The highest BCUT2D eigenvalue weighted by Crippen LogP contribution is 2.47. The van der Waals surface area contributed by atoms with Gasteiger partial charge in [0.2, 0.25) is 0 Å². The van der Waals surface area contributed by atoms with Gasteiger partial charge in [0.15, 0.2) is 0 Å². The van der Waals surface area contributed by atoms with Gasteiger partial charge in [0.05, 0.1) is 16.8 Å². The van der Waals surface area contributed by atoms with E-state index in [1.165, 1.54) is 4.90 Å². The Kier molecular flexibility index (Phi) is 5.23. The molecule has 0 radical (unpaired) electrons. The van der Waals surface area contributed by atoms with Crippen LogP contribution in [-0.2, 0) is 12.4 Å². The van der Waals surface area contributed by atoms with Crippen molar-refractivity contribution in [1.82, 2.24) is 4.98 Å². The molecule has 0 saturated carbocycles. The zero-order valence-electron chi connectivity index (χ0n) is 17.8. The minimum Gasteiger partial charge on any atom is -0.363 e. The molecule has 0 saturated heterocycles. The van der Waals surface area contributed by atoms with Gasteiger partial charge in [-0.2, -0.15) is 26.3 Å². The number of aromatic amines is 1. The monoisotopic (exact) mass is 486 g/mol. The Hall–Kier alpha value is -4.01. The number of fused-ring (bicyclic) bond motifs is 3. The summed E-state index contributed by atoms with van der Waals surface area (Å²) in [6, 6.07) is 17.6. The Labute approximate surface area is 195 Å². The van der Waals surface area contributed by atoms with Gasteiger partial charge in [0.1, 0.15) is 6.04 Å². The van der Waals surface area contributed by atoms with Gasteiger partial charge in [0, 0.05) is 23.0 Å². The molecule has 178 valence electrons. The average Bonchev–Trinajstić information content (AvgIpc) is 3.36. The van der Waals surface area contributed by atoms with Crippen LogP contribution in [0.1, 0.15) is 38.8 Å². The number of benzene rings is 3. The lowest BCUT2D eigenvalue weighted by molar-refractivity contribution is -0.143. The number of alkyl halides is 6. The number of aromatic nitrogens is 1. The number of carbonyl (C=O) groups is 1. The normalized spacial score (nSPS) is 15.5. The molecule has 0 fully saturated rings. The summed E-state index contributed by atoms with van der Waals surface area (Å²) < 4.78 is 80.9. The summed E-state index contributed by atoms with van der Waals surface area (Å²) in [6.07, 6.45) is -8.50. The Morgan fingerprint density at radius 2 is 1.34 bits per heavy atom. The molecule has 1 aliphatic rings. The minimum atomic E-state index is -5.07. The van der Waals surface area contributed by atoms with Gasteiger partial charge in [-0.25, -0.2) is 0 Å². The van der Waals surface area contributed by atoms with Gasteiger partial charge in [-0.3, -0.25) is 9.69 Å². The fourth-order valence-electron chi connectivity index (χ4n) is 4.44. The molecule has 35 heavy (non-hydrogen) atoms. The van der Waals surface area contributed by atoms with E-state index in [1.54, 1.807) is 54.7 Å². The van der Waals surface area contributed by atoms with E-state index in [9.17, 15) is 31.1 Å². The number of halogens is 6. The smallest absolute Gasteiger partial charge is 0.363 e. The number of H-pyrrole nitrogens is 1. The van der Waals surface area contributed by atoms with Gasteiger partial charge in [0.25, 0.3) is 5.91 Å². The molecular formula is C26H16F6N2O. The third-order valence-electron chi connectivity index (χ3n) is 5.94. The zero-order chi connectivity index (χ0) is 25.0. The van der Waals surface area contributed by atoms with Crippen LogP contribution in [0.4, 0.5) is 32.0 Å². The second-order valence-corrected chi connectivity index (χ2v) is 8.10. The zero-order valence-corrected chi connectivity index (χ0v) is 17.8. The number of rotatable bonds is 2. The standard InChI is InChI=1S/C26H16F6N2O/c27-25(28,29)16-12-15(13-17(14-16)26(30,31)32)24(35)34-22-10-4-3-7-19(22)18-6-1-2-8-20(18)23(34)21-9-5-11-33-21/h1-14,23,33H. The number of para-hydroxylation sites is 1. The van der Waals surface area contributed by atoms with Crippen LogP contribution in [0.3, 0.4) is 0 Å². The van der Waals surface area contributed by atoms with E-state index >= 15 is 0 Å². The lowest BCUT2D eigenvalue weighted by Gasteiger charge is -2.38. The van der Waals surface area contributed by atoms with Crippen LogP contribution in [0, 0.1) is 0 Å². The van der Waals surface area contributed by atoms with E-state index in [1.807, 2.05) is 12.1 Å². The van der Waals surface area contributed by atoms with Crippen molar-refractivity contribution in [3.63, 3.8) is 0 Å².